The zero-order chi connectivity index (χ0) is 24.5. The highest BCUT2D eigenvalue weighted by Gasteiger charge is 2.14. The number of carbonyl (C=O) groups excluding carboxylic acids is 2. The molecular formula is C25H26N2O7. The van der Waals surface area contributed by atoms with Crippen molar-refractivity contribution in [3.05, 3.63) is 66.2 Å². The second-order valence-corrected chi connectivity index (χ2v) is 6.99. The Bertz CT molecular complexity index is 1120. The molecule has 0 unspecified atom stereocenters. The Labute approximate surface area is 197 Å². The van der Waals surface area contributed by atoms with Crippen molar-refractivity contribution in [1.82, 2.24) is 0 Å². The van der Waals surface area contributed by atoms with Gasteiger partial charge in [0, 0.05) is 35.1 Å². The first-order valence-corrected chi connectivity index (χ1v) is 10.2. The zero-order valence-corrected chi connectivity index (χ0v) is 19.3. The van der Waals surface area contributed by atoms with Crippen LogP contribution in [0, 0.1) is 0 Å². The largest absolute Gasteiger partial charge is 0.497 e. The van der Waals surface area contributed by atoms with Gasteiger partial charge in [0.2, 0.25) is 0 Å². The minimum Gasteiger partial charge on any atom is -0.497 e. The number of anilines is 2. The summed E-state index contributed by atoms with van der Waals surface area (Å²) in [6.07, 6.45) is 0. The van der Waals surface area contributed by atoms with Crippen LogP contribution in [0.2, 0.25) is 0 Å². The molecule has 0 aromatic heterocycles. The van der Waals surface area contributed by atoms with E-state index in [0.717, 1.165) is 0 Å². The van der Waals surface area contributed by atoms with Crippen LogP contribution in [0.4, 0.5) is 11.4 Å². The SMILES string of the molecule is COc1ccc(NC(=O)COc2ccc(C(=O)Nc3cc(OC)cc(OC)c3)cc2OC)cc1. The van der Waals surface area contributed by atoms with Gasteiger partial charge in [-0.25, -0.2) is 0 Å². The molecule has 9 heteroatoms. The molecule has 9 nitrogen and oxygen atoms in total. The number of hydrogen-bond donors (Lipinski definition) is 2. The Morgan fingerprint density at radius 3 is 1.88 bits per heavy atom. The number of nitrogens with one attached hydrogen (secondary N) is 2. The van der Waals surface area contributed by atoms with Gasteiger partial charge < -0.3 is 34.3 Å². The van der Waals surface area contributed by atoms with Crippen molar-refractivity contribution in [1.29, 1.82) is 0 Å². The maximum Gasteiger partial charge on any atom is 0.262 e. The summed E-state index contributed by atoms with van der Waals surface area (Å²) in [6.45, 7) is -0.239. The van der Waals surface area contributed by atoms with E-state index in [2.05, 4.69) is 10.6 Å². The average Bonchev–Trinajstić information content (AvgIpc) is 2.87. The lowest BCUT2D eigenvalue weighted by Crippen LogP contribution is -2.20. The molecule has 0 aliphatic heterocycles. The third-order valence-corrected chi connectivity index (χ3v) is 4.77. The molecule has 2 N–H and O–H groups in total. The van der Waals surface area contributed by atoms with Crippen molar-refractivity contribution in [2.24, 2.45) is 0 Å². The van der Waals surface area contributed by atoms with E-state index in [-0.39, 0.29) is 18.4 Å². The monoisotopic (exact) mass is 466 g/mol. The highest BCUT2D eigenvalue weighted by molar-refractivity contribution is 6.05. The normalized spacial score (nSPS) is 10.1. The van der Waals surface area contributed by atoms with E-state index in [1.165, 1.54) is 27.4 Å². The Morgan fingerprint density at radius 1 is 0.647 bits per heavy atom. The second-order valence-electron chi connectivity index (χ2n) is 6.99. The lowest BCUT2D eigenvalue weighted by molar-refractivity contribution is -0.118. The quantitative estimate of drug-likeness (QED) is 0.466. The molecule has 0 aliphatic carbocycles. The van der Waals surface area contributed by atoms with Crippen molar-refractivity contribution in [3.8, 4) is 28.7 Å². The Hall–Kier alpha value is -4.40. The molecule has 3 aromatic rings. The number of benzene rings is 3. The fourth-order valence-electron chi connectivity index (χ4n) is 3.03. The number of carbonyl (C=O) groups is 2. The number of hydrogen-bond acceptors (Lipinski definition) is 7. The predicted molar refractivity (Wildman–Crippen MR) is 128 cm³/mol. The van der Waals surface area contributed by atoms with Gasteiger partial charge >= 0.3 is 0 Å². The van der Waals surface area contributed by atoms with Gasteiger partial charge in [0.1, 0.15) is 17.2 Å². The number of amides is 2. The highest BCUT2D eigenvalue weighted by atomic mass is 16.5. The van der Waals surface area contributed by atoms with E-state index >= 15 is 0 Å². The molecule has 34 heavy (non-hydrogen) atoms. The average molecular weight is 466 g/mol. The molecule has 0 spiro atoms. The molecule has 3 rings (SSSR count). The van der Waals surface area contributed by atoms with Gasteiger partial charge in [-0.15, -0.1) is 0 Å². The second kappa shape index (κ2) is 11.5. The van der Waals surface area contributed by atoms with Crippen molar-refractivity contribution in [2.75, 3.05) is 45.7 Å². The predicted octanol–water partition coefficient (Wildman–Crippen LogP) is 3.99. The van der Waals surface area contributed by atoms with Crippen LogP contribution in [0.3, 0.4) is 0 Å². The maximum absolute atomic E-state index is 12.7. The fourth-order valence-corrected chi connectivity index (χ4v) is 3.03. The van der Waals surface area contributed by atoms with Crippen LogP contribution in [0.25, 0.3) is 0 Å². The van der Waals surface area contributed by atoms with Crippen molar-refractivity contribution in [3.63, 3.8) is 0 Å². The highest BCUT2D eigenvalue weighted by Crippen LogP contribution is 2.30. The topological polar surface area (TPSA) is 104 Å². The first kappa shape index (κ1) is 24.2. The summed E-state index contributed by atoms with van der Waals surface area (Å²) in [4.78, 5) is 25.0. The standard InChI is InChI=1S/C25H26N2O7/c1-30-19-8-6-17(7-9-19)26-24(28)15-34-22-10-5-16(11-23(22)33-4)25(29)27-18-12-20(31-2)14-21(13-18)32-3/h5-14H,15H2,1-4H3,(H,26,28)(H,27,29). The molecular weight excluding hydrogens is 440 g/mol. The van der Waals surface area contributed by atoms with Crippen LogP contribution < -0.4 is 34.3 Å². The van der Waals surface area contributed by atoms with Crippen LogP contribution in [-0.4, -0.2) is 46.9 Å². The molecule has 0 radical (unpaired) electrons. The number of methoxy groups -OCH3 is 4. The van der Waals surface area contributed by atoms with E-state index < -0.39 is 0 Å². The lowest BCUT2D eigenvalue weighted by Gasteiger charge is -2.13. The molecule has 0 heterocycles. The van der Waals surface area contributed by atoms with Gasteiger partial charge in [-0.1, -0.05) is 0 Å². The minimum absolute atomic E-state index is 0.239. The van der Waals surface area contributed by atoms with Gasteiger partial charge in [0.05, 0.1) is 28.4 Å². The summed E-state index contributed by atoms with van der Waals surface area (Å²) in [5.41, 5.74) is 1.46. The summed E-state index contributed by atoms with van der Waals surface area (Å²) in [5, 5.41) is 5.53. The molecule has 0 atom stereocenters. The van der Waals surface area contributed by atoms with E-state index in [0.29, 0.717) is 45.7 Å². The maximum atomic E-state index is 12.7. The van der Waals surface area contributed by atoms with Crippen LogP contribution >= 0.6 is 0 Å². The molecule has 0 aliphatic rings. The van der Waals surface area contributed by atoms with Crippen molar-refractivity contribution in [2.45, 2.75) is 0 Å². The molecule has 3 aromatic carbocycles. The zero-order valence-electron chi connectivity index (χ0n) is 19.3. The lowest BCUT2D eigenvalue weighted by atomic mass is 10.1. The third-order valence-electron chi connectivity index (χ3n) is 4.77. The summed E-state index contributed by atoms with van der Waals surface area (Å²) in [6, 6.07) is 16.7. The summed E-state index contributed by atoms with van der Waals surface area (Å²) in [7, 11) is 6.08. The van der Waals surface area contributed by atoms with E-state index in [1.807, 2.05) is 0 Å². The first-order valence-electron chi connectivity index (χ1n) is 10.2. The Kier molecular flexibility index (Phi) is 8.17. The first-order chi connectivity index (χ1) is 16.4. The Balaban J connectivity index is 1.64. The minimum atomic E-state index is -0.364. The number of ether oxygens (including phenoxy) is 5. The van der Waals surface area contributed by atoms with Crippen LogP contribution in [0.1, 0.15) is 10.4 Å². The molecule has 178 valence electrons. The van der Waals surface area contributed by atoms with Gasteiger partial charge in [0.25, 0.3) is 11.8 Å². The van der Waals surface area contributed by atoms with Gasteiger partial charge in [-0.3, -0.25) is 9.59 Å². The van der Waals surface area contributed by atoms with Crippen LogP contribution in [0.15, 0.2) is 60.7 Å². The Morgan fingerprint density at radius 2 is 1.29 bits per heavy atom. The van der Waals surface area contributed by atoms with Crippen LogP contribution in [0.5, 0.6) is 28.7 Å². The smallest absolute Gasteiger partial charge is 0.262 e. The molecule has 0 saturated carbocycles. The number of rotatable bonds is 10. The molecule has 0 saturated heterocycles. The molecule has 2 amide bonds. The summed E-state index contributed by atoms with van der Waals surface area (Å²) in [5.74, 6) is 1.71. The van der Waals surface area contributed by atoms with E-state index in [9.17, 15) is 9.59 Å². The van der Waals surface area contributed by atoms with Gasteiger partial charge in [-0.2, -0.15) is 0 Å². The van der Waals surface area contributed by atoms with Crippen molar-refractivity contribution < 1.29 is 33.3 Å². The van der Waals surface area contributed by atoms with Gasteiger partial charge in [-0.05, 0) is 42.5 Å². The van der Waals surface area contributed by atoms with E-state index in [1.54, 1.807) is 61.7 Å². The van der Waals surface area contributed by atoms with E-state index in [4.69, 9.17) is 23.7 Å². The van der Waals surface area contributed by atoms with Gasteiger partial charge in [0.15, 0.2) is 18.1 Å². The van der Waals surface area contributed by atoms with Crippen LogP contribution in [-0.2, 0) is 4.79 Å². The molecule has 0 fully saturated rings. The molecule has 0 bridgehead atoms. The third kappa shape index (κ3) is 6.32. The summed E-state index contributed by atoms with van der Waals surface area (Å²) < 4.78 is 26.5. The van der Waals surface area contributed by atoms with Crippen molar-refractivity contribution >= 4 is 23.2 Å². The fraction of sp³-hybridized carbons (Fsp3) is 0.200. The summed E-state index contributed by atoms with van der Waals surface area (Å²) >= 11 is 0.